The first-order valence-corrected chi connectivity index (χ1v) is 12.7. The molecule has 32 heavy (non-hydrogen) atoms. The Morgan fingerprint density at radius 2 is 1.75 bits per heavy atom. The van der Waals surface area contributed by atoms with Gasteiger partial charge in [-0.3, -0.25) is 19.5 Å². The van der Waals surface area contributed by atoms with Crippen molar-refractivity contribution < 1.29 is 18.0 Å². The molecule has 0 saturated heterocycles. The average molecular weight is 474 g/mol. The maximum Gasteiger partial charge on any atom is 0.279 e. The Morgan fingerprint density at radius 3 is 2.34 bits per heavy atom. The number of anilines is 2. The van der Waals surface area contributed by atoms with E-state index in [1.165, 1.54) is 17.9 Å². The summed E-state index contributed by atoms with van der Waals surface area (Å²) in [5.41, 5.74) is 0.416. The molecule has 7 nitrogen and oxygen atoms in total. The predicted molar refractivity (Wildman–Crippen MR) is 125 cm³/mol. The van der Waals surface area contributed by atoms with Crippen LogP contribution in [0.1, 0.15) is 44.6 Å². The summed E-state index contributed by atoms with van der Waals surface area (Å²) in [5.74, 6) is -0.753. The number of nitrogens with zero attached hydrogens (tertiary/aromatic N) is 2. The highest BCUT2D eigenvalue weighted by Crippen LogP contribution is 2.47. The van der Waals surface area contributed by atoms with Gasteiger partial charge in [0.1, 0.15) is 11.4 Å². The van der Waals surface area contributed by atoms with E-state index in [9.17, 15) is 18.0 Å². The van der Waals surface area contributed by atoms with Gasteiger partial charge in [-0.15, -0.1) is 0 Å². The van der Waals surface area contributed by atoms with Crippen molar-refractivity contribution in [2.45, 2.75) is 49.6 Å². The molecular formula is C23H24ClN3O4S. The molecule has 1 saturated carbocycles. The molecule has 2 aliphatic rings. The van der Waals surface area contributed by atoms with E-state index in [0.717, 1.165) is 25.5 Å². The van der Waals surface area contributed by atoms with E-state index >= 15 is 0 Å². The molecule has 0 atom stereocenters. The number of nitrogens with one attached hydrogen (secondary N) is 1. The van der Waals surface area contributed by atoms with Gasteiger partial charge in [0.05, 0.1) is 16.3 Å². The number of hydrogen-bond acceptors (Lipinski definition) is 5. The predicted octanol–water partition coefficient (Wildman–Crippen LogP) is 4.20. The van der Waals surface area contributed by atoms with Crippen LogP contribution in [-0.4, -0.2) is 37.9 Å². The van der Waals surface area contributed by atoms with E-state index in [-0.39, 0.29) is 27.9 Å². The highest BCUT2D eigenvalue weighted by atomic mass is 35.5. The van der Waals surface area contributed by atoms with Crippen molar-refractivity contribution in [3.8, 4) is 0 Å². The van der Waals surface area contributed by atoms with E-state index < -0.39 is 21.4 Å². The van der Waals surface area contributed by atoms with Gasteiger partial charge in [-0.25, -0.2) is 8.42 Å². The Balaban J connectivity index is 1.95. The van der Waals surface area contributed by atoms with Crippen molar-refractivity contribution in [1.29, 1.82) is 0 Å². The molecule has 9 heteroatoms. The molecule has 0 radical (unpaired) electrons. The van der Waals surface area contributed by atoms with Gasteiger partial charge >= 0.3 is 0 Å². The van der Waals surface area contributed by atoms with Crippen molar-refractivity contribution in [3.05, 3.63) is 53.1 Å². The molecule has 0 bridgehead atoms. The summed E-state index contributed by atoms with van der Waals surface area (Å²) in [7, 11) is -3.71. The second kappa shape index (κ2) is 8.33. The molecule has 2 aromatic carbocycles. The van der Waals surface area contributed by atoms with Gasteiger partial charge in [-0.1, -0.05) is 36.2 Å². The fourth-order valence-electron chi connectivity index (χ4n) is 4.50. The summed E-state index contributed by atoms with van der Waals surface area (Å²) in [5, 5.41) is 3.24. The van der Waals surface area contributed by atoms with E-state index in [2.05, 4.69) is 5.32 Å². The quantitative estimate of drug-likeness (QED) is 0.719. The van der Waals surface area contributed by atoms with Crippen molar-refractivity contribution in [1.82, 2.24) is 0 Å². The Kier molecular flexibility index (Phi) is 5.85. The normalized spacial score (nSPS) is 18.0. The van der Waals surface area contributed by atoms with Gasteiger partial charge in [0.25, 0.3) is 5.91 Å². The fourth-order valence-corrected chi connectivity index (χ4v) is 5.51. The highest BCUT2D eigenvalue weighted by molar-refractivity contribution is 7.90. The molecule has 1 fully saturated rings. The number of sulfone groups is 1. The number of benzene rings is 2. The summed E-state index contributed by atoms with van der Waals surface area (Å²) in [6, 6.07) is 11.5. The molecule has 1 aliphatic carbocycles. The maximum absolute atomic E-state index is 13.8. The van der Waals surface area contributed by atoms with Crippen molar-refractivity contribution in [3.63, 3.8) is 0 Å². The smallest absolute Gasteiger partial charge is 0.279 e. The lowest BCUT2D eigenvalue weighted by molar-refractivity contribution is -0.114. The number of aliphatic imine (C=N–C) groups is 1. The minimum absolute atomic E-state index is 0.0189. The van der Waals surface area contributed by atoms with Crippen LogP contribution in [0.4, 0.5) is 11.4 Å². The number of hydrogen-bond donors (Lipinski definition) is 1. The third-order valence-corrected chi connectivity index (χ3v) is 7.23. The number of carbonyl (C=O) groups excluding carboxylic acids is 2. The molecule has 2 aromatic rings. The zero-order valence-corrected chi connectivity index (χ0v) is 19.5. The van der Waals surface area contributed by atoms with E-state index in [1.807, 2.05) is 0 Å². The first-order chi connectivity index (χ1) is 15.1. The summed E-state index contributed by atoms with van der Waals surface area (Å²) in [4.78, 5) is 32.1. The van der Waals surface area contributed by atoms with Crippen LogP contribution in [0.2, 0.25) is 5.02 Å². The lowest BCUT2D eigenvalue weighted by atomic mass is 9.88. The Labute approximate surface area is 192 Å². The zero-order chi connectivity index (χ0) is 23.1. The van der Waals surface area contributed by atoms with Crippen LogP contribution >= 0.6 is 11.6 Å². The Bertz CT molecular complexity index is 1220. The summed E-state index contributed by atoms with van der Waals surface area (Å²) in [6.07, 6.45) is 5.04. The Morgan fingerprint density at radius 1 is 1.09 bits per heavy atom. The zero-order valence-electron chi connectivity index (χ0n) is 17.9. The van der Waals surface area contributed by atoms with Crippen LogP contribution in [0.3, 0.4) is 0 Å². The number of rotatable bonds is 4. The van der Waals surface area contributed by atoms with Crippen LogP contribution in [0.5, 0.6) is 0 Å². The van der Waals surface area contributed by atoms with E-state index in [4.69, 9.17) is 16.6 Å². The molecule has 1 aliphatic heterocycles. The molecule has 0 unspecified atom stereocenters. The summed E-state index contributed by atoms with van der Waals surface area (Å²) < 4.78 is 25.4. The van der Waals surface area contributed by atoms with Crippen molar-refractivity contribution >= 4 is 50.3 Å². The Hall–Kier alpha value is -2.71. The van der Waals surface area contributed by atoms with Crippen LogP contribution in [0.15, 0.2) is 52.4 Å². The molecule has 2 amide bonds. The van der Waals surface area contributed by atoms with Crippen molar-refractivity contribution in [2.24, 2.45) is 4.99 Å². The lowest BCUT2D eigenvalue weighted by Crippen LogP contribution is -2.49. The summed E-state index contributed by atoms with van der Waals surface area (Å²) in [6.45, 7) is 1.34. The molecule has 4 rings (SSSR count). The topological polar surface area (TPSA) is 95.9 Å². The third kappa shape index (κ3) is 4.04. The van der Waals surface area contributed by atoms with Crippen LogP contribution < -0.4 is 10.2 Å². The first-order valence-electron chi connectivity index (χ1n) is 10.4. The molecule has 0 aromatic heterocycles. The maximum atomic E-state index is 13.8. The second-order valence-corrected chi connectivity index (χ2v) is 10.7. The van der Waals surface area contributed by atoms with Gasteiger partial charge < -0.3 is 5.32 Å². The van der Waals surface area contributed by atoms with Gasteiger partial charge in [0.2, 0.25) is 5.91 Å². The van der Waals surface area contributed by atoms with E-state index in [1.54, 1.807) is 36.4 Å². The lowest BCUT2D eigenvalue weighted by Gasteiger charge is -2.40. The molecule has 1 N–H and O–H groups in total. The SMILES string of the molecule is CC(=O)Nc1cccc(S(C)(=O)=O)c1N1C(=O)C(c2ccc(Cl)cc2)=NC12CCCCC2. The van der Waals surface area contributed by atoms with Crippen LogP contribution in [-0.2, 0) is 19.4 Å². The number of amides is 2. The standard InChI is InChI=1S/C23H24ClN3O4S/c1-15(28)25-18-7-6-8-19(32(2,30)31)21(18)27-22(29)20(16-9-11-17(24)12-10-16)26-23(27)13-4-3-5-14-23/h6-12H,3-5,13-14H2,1-2H3,(H,25,28). The van der Waals surface area contributed by atoms with Gasteiger partial charge in [-0.2, -0.15) is 0 Å². The van der Waals surface area contributed by atoms with Gasteiger partial charge in [0.15, 0.2) is 9.84 Å². The summed E-state index contributed by atoms with van der Waals surface area (Å²) >= 11 is 6.02. The average Bonchev–Trinajstić information content (AvgIpc) is 2.99. The molecule has 1 heterocycles. The van der Waals surface area contributed by atoms with Crippen LogP contribution in [0.25, 0.3) is 0 Å². The minimum atomic E-state index is -3.71. The van der Waals surface area contributed by atoms with Crippen LogP contribution in [0, 0.1) is 0 Å². The monoisotopic (exact) mass is 473 g/mol. The first kappa shape index (κ1) is 22.5. The van der Waals surface area contributed by atoms with Gasteiger partial charge in [-0.05, 0) is 49.9 Å². The van der Waals surface area contributed by atoms with E-state index in [0.29, 0.717) is 23.4 Å². The highest BCUT2D eigenvalue weighted by Gasteiger charge is 2.50. The minimum Gasteiger partial charge on any atom is -0.324 e. The van der Waals surface area contributed by atoms with Crippen molar-refractivity contribution in [2.75, 3.05) is 16.5 Å². The fraction of sp³-hybridized carbons (Fsp3) is 0.348. The molecule has 1 spiro atoms. The van der Waals surface area contributed by atoms with Gasteiger partial charge in [0, 0.05) is 23.8 Å². The largest absolute Gasteiger partial charge is 0.324 e. The third-order valence-electron chi connectivity index (χ3n) is 5.85. The number of halogens is 1. The molecular weight excluding hydrogens is 450 g/mol. The molecule has 168 valence electrons. The second-order valence-electron chi connectivity index (χ2n) is 8.26. The number of carbonyl (C=O) groups is 2. The number of para-hydroxylation sites is 1.